The summed E-state index contributed by atoms with van der Waals surface area (Å²) in [7, 11) is 1.70. The molecule has 2 heteroatoms. The number of methoxy groups -OCH3 is 1. The first-order chi connectivity index (χ1) is 8.78. The second kappa shape index (κ2) is 4.45. The van der Waals surface area contributed by atoms with Gasteiger partial charge in [-0.3, -0.25) is 0 Å². The van der Waals surface area contributed by atoms with Crippen LogP contribution in [0.15, 0.2) is 36.5 Å². The molecule has 0 saturated heterocycles. The van der Waals surface area contributed by atoms with Crippen LogP contribution in [0.5, 0.6) is 5.75 Å². The number of hydrogen-bond acceptors (Lipinski definition) is 1. The maximum atomic E-state index is 5.20. The Balaban J connectivity index is 2.05. The zero-order valence-electron chi connectivity index (χ0n) is 10.9. The molecular formula is C16H18NO+. The molecule has 1 aliphatic heterocycles. The summed E-state index contributed by atoms with van der Waals surface area (Å²) in [5.74, 6) is 0.908. The summed E-state index contributed by atoms with van der Waals surface area (Å²) in [6.07, 6.45) is 4.77. The van der Waals surface area contributed by atoms with Crippen molar-refractivity contribution in [1.82, 2.24) is 0 Å². The van der Waals surface area contributed by atoms with E-state index in [1.807, 2.05) is 12.1 Å². The number of aryl methyl sites for hydroxylation is 3. The summed E-state index contributed by atoms with van der Waals surface area (Å²) in [5, 5.41) is 0. The van der Waals surface area contributed by atoms with Crippen LogP contribution in [0.4, 0.5) is 0 Å². The minimum Gasteiger partial charge on any atom is -0.497 e. The lowest BCUT2D eigenvalue weighted by molar-refractivity contribution is -0.690. The van der Waals surface area contributed by atoms with E-state index in [1.165, 1.54) is 35.2 Å². The molecule has 1 aliphatic rings. The van der Waals surface area contributed by atoms with E-state index in [-0.39, 0.29) is 0 Å². The maximum Gasteiger partial charge on any atom is 0.181 e. The van der Waals surface area contributed by atoms with E-state index >= 15 is 0 Å². The third kappa shape index (κ3) is 1.88. The van der Waals surface area contributed by atoms with Crippen LogP contribution in [0.3, 0.4) is 0 Å². The van der Waals surface area contributed by atoms with Gasteiger partial charge in [-0.1, -0.05) is 12.1 Å². The van der Waals surface area contributed by atoms with Gasteiger partial charge >= 0.3 is 0 Å². The van der Waals surface area contributed by atoms with Crippen LogP contribution in [-0.2, 0) is 13.0 Å². The largest absolute Gasteiger partial charge is 0.497 e. The average molecular weight is 240 g/mol. The normalized spacial score (nSPS) is 13.4. The van der Waals surface area contributed by atoms with Crippen LogP contribution in [0.2, 0.25) is 0 Å². The first-order valence-electron chi connectivity index (χ1n) is 6.45. The lowest BCUT2D eigenvalue weighted by Gasteiger charge is -2.06. The molecular weight excluding hydrogens is 222 g/mol. The van der Waals surface area contributed by atoms with E-state index in [4.69, 9.17) is 4.74 Å². The number of nitrogens with zero attached hydrogens (tertiary/aromatic N) is 1. The van der Waals surface area contributed by atoms with Crippen molar-refractivity contribution in [3.05, 3.63) is 47.8 Å². The highest BCUT2D eigenvalue weighted by molar-refractivity contribution is 5.66. The standard InChI is InChI=1S/C16H18NO/c1-12-10-14-4-3-9-17(14)11-16(12)13-5-7-15(18-2)8-6-13/h5-8,10-11H,3-4,9H2,1-2H3/q+1. The fraction of sp³-hybridized carbons (Fsp3) is 0.312. The molecule has 92 valence electrons. The zero-order valence-corrected chi connectivity index (χ0v) is 10.9. The summed E-state index contributed by atoms with van der Waals surface area (Å²) in [5.41, 5.74) is 5.40. The van der Waals surface area contributed by atoms with Crippen molar-refractivity contribution in [1.29, 1.82) is 0 Å². The van der Waals surface area contributed by atoms with Gasteiger partial charge in [0.25, 0.3) is 0 Å². The van der Waals surface area contributed by atoms with E-state index in [1.54, 1.807) is 7.11 Å². The lowest BCUT2D eigenvalue weighted by atomic mass is 10.0. The molecule has 0 N–H and O–H groups in total. The fourth-order valence-corrected chi connectivity index (χ4v) is 2.68. The number of rotatable bonds is 2. The minimum absolute atomic E-state index is 0.908. The van der Waals surface area contributed by atoms with Crippen molar-refractivity contribution in [3.63, 3.8) is 0 Å². The minimum atomic E-state index is 0.908. The first-order valence-corrected chi connectivity index (χ1v) is 6.45. The highest BCUT2D eigenvalue weighted by atomic mass is 16.5. The van der Waals surface area contributed by atoms with Gasteiger partial charge in [-0.25, -0.2) is 4.57 Å². The fourth-order valence-electron chi connectivity index (χ4n) is 2.68. The summed E-state index contributed by atoms with van der Waals surface area (Å²) >= 11 is 0. The summed E-state index contributed by atoms with van der Waals surface area (Å²) in [6, 6.07) is 10.6. The topological polar surface area (TPSA) is 13.1 Å². The molecule has 1 aromatic heterocycles. The number of fused-ring (bicyclic) bond motifs is 1. The monoisotopic (exact) mass is 240 g/mol. The Morgan fingerprint density at radius 2 is 1.94 bits per heavy atom. The van der Waals surface area contributed by atoms with Gasteiger partial charge in [0.2, 0.25) is 0 Å². The molecule has 0 atom stereocenters. The Kier molecular flexibility index (Phi) is 2.78. The van der Waals surface area contributed by atoms with E-state index in [0.717, 1.165) is 12.3 Å². The molecule has 18 heavy (non-hydrogen) atoms. The zero-order chi connectivity index (χ0) is 12.5. The molecule has 1 aromatic carbocycles. The van der Waals surface area contributed by atoms with Gasteiger partial charge < -0.3 is 4.74 Å². The third-order valence-electron chi connectivity index (χ3n) is 3.69. The molecule has 0 fully saturated rings. The Labute approximate surface area is 108 Å². The van der Waals surface area contributed by atoms with E-state index in [2.05, 4.69) is 35.9 Å². The Hall–Kier alpha value is -1.83. The molecule has 0 unspecified atom stereocenters. The third-order valence-corrected chi connectivity index (χ3v) is 3.69. The quantitative estimate of drug-likeness (QED) is 0.736. The second-order valence-corrected chi connectivity index (χ2v) is 4.89. The van der Waals surface area contributed by atoms with Gasteiger partial charge in [0.1, 0.15) is 12.3 Å². The number of pyridine rings is 1. The SMILES string of the molecule is COc1ccc(-c2c[n+]3c(cc2C)CCC3)cc1. The van der Waals surface area contributed by atoms with Crippen LogP contribution in [-0.4, -0.2) is 7.11 Å². The molecule has 2 heterocycles. The van der Waals surface area contributed by atoms with Gasteiger partial charge in [0.15, 0.2) is 11.9 Å². The molecule has 0 aliphatic carbocycles. The van der Waals surface area contributed by atoms with Gasteiger partial charge in [0, 0.05) is 24.5 Å². The van der Waals surface area contributed by atoms with E-state index in [0.29, 0.717) is 0 Å². The molecule has 0 bridgehead atoms. The summed E-state index contributed by atoms with van der Waals surface area (Å²) < 4.78 is 7.59. The van der Waals surface area contributed by atoms with E-state index < -0.39 is 0 Å². The first kappa shape index (κ1) is 11.3. The van der Waals surface area contributed by atoms with Crippen molar-refractivity contribution in [2.24, 2.45) is 0 Å². The van der Waals surface area contributed by atoms with Crippen LogP contribution >= 0.6 is 0 Å². The molecule has 3 rings (SSSR count). The second-order valence-electron chi connectivity index (χ2n) is 4.89. The predicted molar refractivity (Wildman–Crippen MR) is 71.7 cm³/mol. The molecule has 0 amide bonds. The van der Waals surface area contributed by atoms with Crippen molar-refractivity contribution in [2.75, 3.05) is 7.11 Å². The van der Waals surface area contributed by atoms with Crippen molar-refractivity contribution in [3.8, 4) is 16.9 Å². The summed E-state index contributed by atoms with van der Waals surface area (Å²) in [4.78, 5) is 0. The van der Waals surface area contributed by atoms with E-state index in [9.17, 15) is 0 Å². The van der Waals surface area contributed by atoms with Gasteiger partial charge in [-0.2, -0.15) is 0 Å². The maximum absolute atomic E-state index is 5.20. The van der Waals surface area contributed by atoms with Gasteiger partial charge in [-0.05, 0) is 30.2 Å². The van der Waals surface area contributed by atoms with Gasteiger partial charge in [-0.15, -0.1) is 0 Å². The van der Waals surface area contributed by atoms with Crippen LogP contribution in [0.1, 0.15) is 17.7 Å². The molecule has 0 saturated carbocycles. The van der Waals surface area contributed by atoms with Crippen LogP contribution < -0.4 is 9.30 Å². The predicted octanol–water partition coefficient (Wildman–Crippen LogP) is 2.90. The van der Waals surface area contributed by atoms with Crippen molar-refractivity contribution < 1.29 is 9.30 Å². The number of hydrogen-bond donors (Lipinski definition) is 0. The molecule has 0 spiro atoms. The Morgan fingerprint density at radius 3 is 2.67 bits per heavy atom. The average Bonchev–Trinajstić information content (AvgIpc) is 2.85. The Morgan fingerprint density at radius 1 is 1.17 bits per heavy atom. The van der Waals surface area contributed by atoms with Crippen LogP contribution in [0.25, 0.3) is 11.1 Å². The summed E-state index contributed by atoms with van der Waals surface area (Å²) in [6.45, 7) is 3.34. The highest BCUT2D eigenvalue weighted by Gasteiger charge is 2.20. The van der Waals surface area contributed by atoms with Crippen molar-refractivity contribution in [2.45, 2.75) is 26.3 Å². The Bertz CT molecular complexity index is 572. The molecule has 0 radical (unpaired) electrons. The van der Waals surface area contributed by atoms with Gasteiger partial charge in [0.05, 0.1) is 7.11 Å². The van der Waals surface area contributed by atoms with Crippen LogP contribution in [0, 0.1) is 6.92 Å². The highest BCUT2D eigenvalue weighted by Crippen LogP contribution is 2.25. The lowest BCUT2D eigenvalue weighted by Crippen LogP contribution is -2.32. The number of ether oxygens (including phenoxy) is 1. The number of benzene rings is 1. The van der Waals surface area contributed by atoms with Crippen molar-refractivity contribution >= 4 is 0 Å². The molecule has 2 nitrogen and oxygen atoms in total. The number of aromatic nitrogens is 1. The molecule has 2 aromatic rings. The smallest absolute Gasteiger partial charge is 0.181 e.